The van der Waals surface area contributed by atoms with Crippen molar-refractivity contribution in [2.75, 3.05) is 11.9 Å². The summed E-state index contributed by atoms with van der Waals surface area (Å²) >= 11 is 0. The second-order valence-electron chi connectivity index (χ2n) is 5.71. The van der Waals surface area contributed by atoms with Crippen molar-refractivity contribution < 1.29 is 9.90 Å². The molecule has 1 unspecified atom stereocenters. The maximum Gasteiger partial charge on any atom is 0.251 e. The molecule has 6 heteroatoms. The number of hydrogen-bond acceptors (Lipinski definition) is 5. The second kappa shape index (κ2) is 7.72. The van der Waals surface area contributed by atoms with Crippen LogP contribution in [0.1, 0.15) is 23.7 Å². The third kappa shape index (κ3) is 3.92. The van der Waals surface area contributed by atoms with E-state index in [2.05, 4.69) is 20.6 Å². The highest BCUT2D eigenvalue weighted by Gasteiger charge is 2.12. The van der Waals surface area contributed by atoms with Crippen LogP contribution in [0.15, 0.2) is 54.9 Å². The van der Waals surface area contributed by atoms with E-state index in [-0.39, 0.29) is 18.6 Å². The molecule has 1 amide bonds. The third-order valence-electron chi connectivity index (χ3n) is 3.98. The number of nitrogens with zero attached hydrogens (tertiary/aromatic N) is 2. The Hall–Kier alpha value is -2.99. The van der Waals surface area contributed by atoms with Crippen molar-refractivity contribution >= 4 is 28.3 Å². The predicted octanol–water partition coefficient (Wildman–Crippen LogP) is 2.87. The zero-order valence-electron chi connectivity index (χ0n) is 13.9. The number of rotatable bonds is 6. The number of anilines is 2. The van der Waals surface area contributed by atoms with Crippen LogP contribution in [-0.4, -0.2) is 33.6 Å². The van der Waals surface area contributed by atoms with Gasteiger partial charge in [0.2, 0.25) is 0 Å². The Bertz CT molecular complexity index is 873. The van der Waals surface area contributed by atoms with E-state index >= 15 is 0 Å². The lowest BCUT2D eigenvalue weighted by Crippen LogP contribution is -2.36. The summed E-state index contributed by atoms with van der Waals surface area (Å²) in [5.74, 6) is 0.474. The lowest BCUT2D eigenvalue weighted by Gasteiger charge is -2.14. The first-order chi connectivity index (χ1) is 12.2. The Labute approximate surface area is 145 Å². The topological polar surface area (TPSA) is 87.1 Å². The normalized spacial score (nSPS) is 11.9. The van der Waals surface area contributed by atoms with Crippen LogP contribution in [0.25, 0.3) is 10.9 Å². The molecular weight excluding hydrogens is 316 g/mol. The van der Waals surface area contributed by atoms with Crippen molar-refractivity contribution in [3.63, 3.8) is 0 Å². The van der Waals surface area contributed by atoms with Crippen LogP contribution in [0, 0.1) is 0 Å². The molecule has 0 aliphatic carbocycles. The average molecular weight is 336 g/mol. The van der Waals surface area contributed by atoms with E-state index < -0.39 is 0 Å². The number of fused-ring (bicyclic) bond motifs is 1. The fourth-order valence-electron chi connectivity index (χ4n) is 2.52. The monoisotopic (exact) mass is 336 g/mol. The molecule has 6 nitrogen and oxygen atoms in total. The first kappa shape index (κ1) is 16.9. The zero-order valence-corrected chi connectivity index (χ0v) is 13.9. The minimum atomic E-state index is -0.241. The number of nitrogens with one attached hydrogen (secondary N) is 2. The van der Waals surface area contributed by atoms with Gasteiger partial charge < -0.3 is 15.7 Å². The Morgan fingerprint density at radius 1 is 1.16 bits per heavy atom. The number of amides is 1. The molecule has 0 radical (unpaired) electrons. The Balaban J connectivity index is 1.83. The van der Waals surface area contributed by atoms with Gasteiger partial charge in [0.05, 0.1) is 18.2 Å². The highest BCUT2D eigenvalue weighted by atomic mass is 16.3. The zero-order chi connectivity index (χ0) is 17.6. The molecule has 1 atom stereocenters. The van der Waals surface area contributed by atoms with Gasteiger partial charge in [-0.3, -0.25) is 4.79 Å². The summed E-state index contributed by atoms with van der Waals surface area (Å²) in [5.41, 5.74) is 2.13. The molecule has 0 aliphatic heterocycles. The smallest absolute Gasteiger partial charge is 0.251 e. The van der Waals surface area contributed by atoms with Crippen molar-refractivity contribution in [2.45, 2.75) is 19.4 Å². The van der Waals surface area contributed by atoms with Gasteiger partial charge in [-0.25, -0.2) is 9.97 Å². The summed E-state index contributed by atoms with van der Waals surface area (Å²) in [5, 5.41) is 16.2. The minimum Gasteiger partial charge on any atom is -0.394 e. The summed E-state index contributed by atoms with van der Waals surface area (Å²) in [6.45, 7) is 1.84. The van der Waals surface area contributed by atoms with Crippen molar-refractivity contribution in [1.29, 1.82) is 0 Å². The molecular formula is C19H20N4O2. The Morgan fingerprint density at radius 3 is 2.80 bits per heavy atom. The van der Waals surface area contributed by atoms with Gasteiger partial charge in [-0.15, -0.1) is 0 Å². The van der Waals surface area contributed by atoms with Crippen LogP contribution in [0.2, 0.25) is 0 Å². The van der Waals surface area contributed by atoms with E-state index in [0.29, 0.717) is 17.8 Å². The summed E-state index contributed by atoms with van der Waals surface area (Å²) in [7, 11) is 0. The highest BCUT2D eigenvalue weighted by Crippen LogP contribution is 2.23. The van der Waals surface area contributed by atoms with Gasteiger partial charge in [0, 0.05) is 16.6 Å². The molecule has 0 saturated carbocycles. The van der Waals surface area contributed by atoms with E-state index in [9.17, 15) is 9.90 Å². The number of aliphatic hydroxyl groups is 1. The van der Waals surface area contributed by atoms with Crippen LogP contribution in [0.4, 0.5) is 11.5 Å². The van der Waals surface area contributed by atoms with Crippen LogP contribution in [0.5, 0.6) is 0 Å². The first-order valence-corrected chi connectivity index (χ1v) is 8.19. The number of aromatic nitrogens is 2. The quantitative estimate of drug-likeness (QED) is 0.644. The number of hydrogen-bond donors (Lipinski definition) is 3. The molecule has 0 bridgehead atoms. The van der Waals surface area contributed by atoms with Gasteiger partial charge in [-0.2, -0.15) is 0 Å². The predicted molar refractivity (Wildman–Crippen MR) is 97.9 cm³/mol. The molecule has 1 heterocycles. The van der Waals surface area contributed by atoms with E-state index in [1.807, 2.05) is 37.3 Å². The molecule has 1 aromatic heterocycles. The maximum atomic E-state index is 12.3. The maximum absolute atomic E-state index is 12.3. The molecule has 128 valence electrons. The van der Waals surface area contributed by atoms with E-state index in [1.165, 1.54) is 6.33 Å². The van der Waals surface area contributed by atoms with E-state index in [0.717, 1.165) is 16.6 Å². The largest absolute Gasteiger partial charge is 0.394 e. The fraction of sp³-hybridized carbons (Fsp3) is 0.211. The van der Waals surface area contributed by atoms with Gasteiger partial charge in [0.1, 0.15) is 12.1 Å². The first-order valence-electron chi connectivity index (χ1n) is 8.19. The van der Waals surface area contributed by atoms with Gasteiger partial charge in [-0.05, 0) is 36.8 Å². The van der Waals surface area contributed by atoms with Crippen molar-refractivity contribution in [1.82, 2.24) is 15.3 Å². The summed E-state index contributed by atoms with van der Waals surface area (Å²) < 4.78 is 0. The molecule has 3 rings (SSSR count). The van der Waals surface area contributed by atoms with Crippen LogP contribution >= 0.6 is 0 Å². The number of carbonyl (C=O) groups is 1. The molecule has 3 aromatic rings. The molecule has 0 fully saturated rings. The minimum absolute atomic E-state index is 0.0763. The molecule has 3 N–H and O–H groups in total. The number of benzene rings is 2. The SMILES string of the molecule is CCC(CO)NC(=O)c1cccc(Nc2ncnc3ccccc23)c1. The standard InChI is InChI=1S/C19H20N4O2/c1-2-14(11-24)23-19(25)13-6-5-7-15(10-13)22-18-16-8-3-4-9-17(16)20-12-21-18/h3-10,12,14,24H,2,11H2,1H3,(H,23,25)(H,20,21,22). The van der Waals surface area contributed by atoms with E-state index in [4.69, 9.17) is 0 Å². The summed E-state index contributed by atoms with van der Waals surface area (Å²) in [6, 6.07) is 14.7. The van der Waals surface area contributed by atoms with Gasteiger partial charge in [0.25, 0.3) is 5.91 Å². The van der Waals surface area contributed by atoms with Gasteiger partial charge in [-0.1, -0.05) is 25.1 Å². The molecule has 25 heavy (non-hydrogen) atoms. The highest BCUT2D eigenvalue weighted by molar-refractivity contribution is 5.96. The molecule has 0 saturated heterocycles. The molecule has 2 aromatic carbocycles. The second-order valence-corrected chi connectivity index (χ2v) is 5.71. The van der Waals surface area contributed by atoms with Crippen molar-refractivity contribution in [3.8, 4) is 0 Å². The Kier molecular flexibility index (Phi) is 5.20. The number of carbonyl (C=O) groups excluding carboxylic acids is 1. The Morgan fingerprint density at radius 2 is 2.00 bits per heavy atom. The third-order valence-corrected chi connectivity index (χ3v) is 3.98. The lowest BCUT2D eigenvalue weighted by atomic mass is 10.1. The van der Waals surface area contributed by atoms with Gasteiger partial charge in [0.15, 0.2) is 0 Å². The van der Waals surface area contributed by atoms with Gasteiger partial charge >= 0.3 is 0 Å². The summed E-state index contributed by atoms with van der Waals surface area (Å²) in [4.78, 5) is 20.9. The van der Waals surface area contributed by atoms with Crippen LogP contribution in [0.3, 0.4) is 0 Å². The summed E-state index contributed by atoms with van der Waals surface area (Å²) in [6.07, 6.45) is 2.18. The molecule has 0 aliphatic rings. The average Bonchev–Trinajstić information content (AvgIpc) is 2.66. The van der Waals surface area contributed by atoms with Crippen molar-refractivity contribution in [2.24, 2.45) is 0 Å². The van der Waals surface area contributed by atoms with E-state index in [1.54, 1.807) is 18.2 Å². The van der Waals surface area contributed by atoms with Crippen LogP contribution in [-0.2, 0) is 0 Å². The number of aliphatic hydroxyl groups excluding tert-OH is 1. The fourth-order valence-corrected chi connectivity index (χ4v) is 2.52. The lowest BCUT2D eigenvalue weighted by molar-refractivity contribution is 0.0915. The number of para-hydroxylation sites is 1. The van der Waals surface area contributed by atoms with Crippen LogP contribution < -0.4 is 10.6 Å². The van der Waals surface area contributed by atoms with Crippen molar-refractivity contribution in [3.05, 3.63) is 60.4 Å². The molecule has 0 spiro atoms.